The Kier molecular flexibility index (Phi) is 10.4. The first kappa shape index (κ1) is 38.0. The van der Waals surface area contributed by atoms with Gasteiger partial charge in [0, 0.05) is 57.0 Å². The maximum Gasteiger partial charge on any atom is 0.417 e. The van der Waals surface area contributed by atoms with Gasteiger partial charge in [0.15, 0.2) is 5.69 Å². The molecule has 2 aromatic heterocycles. The first-order chi connectivity index (χ1) is 25.7. The maximum atomic E-state index is 14.6. The second kappa shape index (κ2) is 14.8. The number of halogens is 6. The highest BCUT2D eigenvalue weighted by atomic mass is 79.9. The van der Waals surface area contributed by atoms with Gasteiger partial charge in [-0.15, -0.1) is 5.92 Å². The third kappa shape index (κ3) is 7.27. The quantitative estimate of drug-likeness (QED) is 0.166. The number of carbonyl (C=O) groups is 1. The number of benzene rings is 1. The highest BCUT2D eigenvalue weighted by Gasteiger charge is 2.49. The van der Waals surface area contributed by atoms with Gasteiger partial charge in [-0.05, 0) is 84.8 Å². The molecule has 0 radical (unpaired) electrons. The van der Waals surface area contributed by atoms with Crippen molar-refractivity contribution in [1.29, 1.82) is 0 Å². The Labute approximate surface area is 317 Å². The van der Waals surface area contributed by atoms with Crippen LogP contribution in [0, 0.1) is 17.8 Å². The summed E-state index contributed by atoms with van der Waals surface area (Å²) in [4.78, 5) is 28.3. The third-order valence-corrected chi connectivity index (χ3v) is 11.5. The number of ether oxygens (including phenoxy) is 2. The SMILES string of the molecule is CC#Cc1cc(N)cc(C2Cc3nc(OC[C@]45CCCN4C[C@@H](C=C(F)F)C5)nc(N4CCCn5nc(C(=O)N(C)C)c(Br)c5C4)c3CO2)c1C(F)(F)F. The number of alkyl halides is 3. The topological polar surface area (TPSA) is 115 Å². The molecule has 0 saturated carbocycles. The van der Waals surface area contributed by atoms with E-state index in [4.69, 9.17) is 25.2 Å². The molecule has 0 spiro atoms. The fourth-order valence-corrected chi connectivity index (χ4v) is 8.89. The first-order valence-corrected chi connectivity index (χ1v) is 18.5. The van der Waals surface area contributed by atoms with E-state index in [1.807, 2.05) is 4.90 Å². The zero-order chi connectivity index (χ0) is 38.5. The second-order valence-corrected chi connectivity index (χ2v) is 15.2. The number of carbonyl (C=O) groups excluding carboxylic acids is 1. The van der Waals surface area contributed by atoms with Crippen LogP contribution in [0.15, 0.2) is 28.8 Å². The summed E-state index contributed by atoms with van der Waals surface area (Å²) in [6.07, 6.45) is -3.74. The van der Waals surface area contributed by atoms with Gasteiger partial charge in [-0.25, -0.2) is 0 Å². The largest absolute Gasteiger partial charge is 0.461 e. The predicted octanol–water partition coefficient (Wildman–Crippen LogP) is 6.35. The van der Waals surface area contributed by atoms with E-state index in [9.17, 15) is 26.7 Å². The van der Waals surface area contributed by atoms with Gasteiger partial charge < -0.3 is 25.0 Å². The predicted molar refractivity (Wildman–Crippen MR) is 193 cm³/mol. The summed E-state index contributed by atoms with van der Waals surface area (Å²) in [5, 5.41) is 4.59. The van der Waals surface area contributed by atoms with Gasteiger partial charge >= 0.3 is 12.2 Å². The van der Waals surface area contributed by atoms with Crippen LogP contribution in [0.1, 0.15) is 82.8 Å². The Morgan fingerprint density at radius 1 is 1.20 bits per heavy atom. The summed E-state index contributed by atoms with van der Waals surface area (Å²) in [5.41, 5.74) is 6.56. The Hall–Kier alpha value is -4.27. The van der Waals surface area contributed by atoms with Gasteiger partial charge in [0.25, 0.3) is 12.0 Å². The molecule has 17 heteroatoms. The molecule has 7 rings (SSSR count). The standard InChI is InChI=1S/C37H40BrF5N8O3/c1-4-7-22-13-23(44)14-24(30(22)37(41,42)43)28-15-26-25(19-53-28)33(49-9-6-11-51-27(18-49)31(38)32(47-51)34(52)48(2)3)46-35(45-26)54-20-36-8-5-10-50(36)17-21(16-36)12-29(39)40/h12-14,21,28H,5-6,8-11,15-20,44H2,1-3H3/t21-,28?,36+/m0/s1. The van der Waals surface area contributed by atoms with Gasteiger partial charge in [-0.2, -0.15) is 37.0 Å². The van der Waals surface area contributed by atoms with Crippen LogP contribution < -0.4 is 15.4 Å². The molecule has 11 nitrogen and oxygen atoms in total. The third-order valence-electron chi connectivity index (χ3n) is 10.6. The smallest absolute Gasteiger partial charge is 0.417 e. The molecule has 6 heterocycles. The molecule has 1 aromatic carbocycles. The van der Waals surface area contributed by atoms with Crippen LogP contribution >= 0.6 is 15.9 Å². The molecule has 0 bridgehead atoms. The molecule has 2 saturated heterocycles. The molecule has 1 amide bonds. The van der Waals surface area contributed by atoms with Crippen molar-refractivity contribution in [2.75, 3.05) is 51.0 Å². The minimum Gasteiger partial charge on any atom is -0.461 e. The van der Waals surface area contributed by atoms with E-state index in [1.54, 1.807) is 18.8 Å². The van der Waals surface area contributed by atoms with Crippen molar-refractivity contribution in [3.63, 3.8) is 0 Å². The number of aryl methyl sites for hydroxylation is 1. The van der Waals surface area contributed by atoms with Crippen molar-refractivity contribution in [3.8, 4) is 17.9 Å². The van der Waals surface area contributed by atoms with E-state index in [1.165, 1.54) is 24.0 Å². The lowest BCUT2D eigenvalue weighted by Crippen LogP contribution is -2.43. The lowest BCUT2D eigenvalue weighted by Gasteiger charge is -2.33. The number of nitrogen functional groups attached to an aromatic ring is 1. The fourth-order valence-electron chi connectivity index (χ4n) is 8.32. The summed E-state index contributed by atoms with van der Waals surface area (Å²) in [6, 6.07) is 2.52. The van der Waals surface area contributed by atoms with Crippen LogP contribution in [-0.2, 0) is 37.0 Å². The van der Waals surface area contributed by atoms with Crippen LogP contribution in [0.5, 0.6) is 6.01 Å². The molecule has 3 atom stereocenters. The second-order valence-electron chi connectivity index (χ2n) is 14.5. The van der Waals surface area contributed by atoms with Crippen molar-refractivity contribution in [2.24, 2.45) is 5.92 Å². The van der Waals surface area contributed by atoms with Crippen LogP contribution in [0.2, 0.25) is 0 Å². The molecular formula is C37H40BrF5N8O3. The Morgan fingerprint density at radius 3 is 2.72 bits per heavy atom. The van der Waals surface area contributed by atoms with E-state index in [0.717, 1.165) is 31.2 Å². The van der Waals surface area contributed by atoms with E-state index < -0.39 is 29.5 Å². The summed E-state index contributed by atoms with van der Waals surface area (Å²) in [7, 11) is 3.30. The number of nitrogens with two attached hydrogens (primary N) is 1. The summed E-state index contributed by atoms with van der Waals surface area (Å²) < 4.78 is 85.3. The number of rotatable bonds is 7. The number of fused-ring (bicyclic) bond motifs is 3. The normalized spacial score (nSPS) is 22.4. The van der Waals surface area contributed by atoms with Crippen molar-refractivity contribution in [1.82, 2.24) is 29.5 Å². The molecule has 2 fully saturated rings. The molecular weight excluding hydrogens is 779 g/mol. The molecule has 0 aliphatic carbocycles. The number of hydrogen-bond acceptors (Lipinski definition) is 9. The number of hydrogen-bond donors (Lipinski definition) is 1. The minimum atomic E-state index is -4.74. The summed E-state index contributed by atoms with van der Waals surface area (Å²) in [5.74, 6) is 5.02. The monoisotopic (exact) mass is 818 g/mol. The minimum absolute atomic E-state index is 0.0303. The van der Waals surface area contributed by atoms with E-state index in [0.29, 0.717) is 60.6 Å². The highest BCUT2D eigenvalue weighted by Crippen LogP contribution is 2.45. The molecule has 4 aliphatic heterocycles. The average molecular weight is 820 g/mol. The maximum absolute atomic E-state index is 14.6. The molecule has 288 valence electrons. The van der Waals surface area contributed by atoms with E-state index in [-0.39, 0.29) is 60.0 Å². The van der Waals surface area contributed by atoms with Crippen molar-refractivity contribution < 1.29 is 36.2 Å². The lowest BCUT2D eigenvalue weighted by molar-refractivity contribution is -0.140. The number of nitrogens with zero attached hydrogens (tertiary/aromatic N) is 7. The van der Waals surface area contributed by atoms with Crippen LogP contribution in [-0.4, -0.2) is 81.3 Å². The number of aromatic nitrogens is 4. The van der Waals surface area contributed by atoms with Gasteiger partial charge in [0.2, 0.25) is 0 Å². The fraction of sp³-hybridized carbons (Fsp3) is 0.514. The van der Waals surface area contributed by atoms with Crippen LogP contribution in [0.25, 0.3) is 0 Å². The van der Waals surface area contributed by atoms with Crippen molar-refractivity contribution >= 4 is 33.3 Å². The number of amides is 1. The molecule has 4 aliphatic rings. The van der Waals surface area contributed by atoms with Gasteiger partial charge in [-0.3, -0.25) is 14.4 Å². The van der Waals surface area contributed by atoms with Gasteiger partial charge in [0.05, 0.1) is 46.2 Å². The zero-order valence-electron chi connectivity index (χ0n) is 30.1. The molecule has 2 N–H and O–H groups in total. The lowest BCUT2D eigenvalue weighted by atomic mass is 9.91. The highest BCUT2D eigenvalue weighted by molar-refractivity contribution is 9.10. The Bertz CT molecular complexity index is 2060. The summed E-state index contributed by atoms with van der Waals surface area (Å²) >= 11 is 3.61. The summed E-state index contributed by atoms with van der Waals surface area (Å²) in [6.45, 7) is 4.14. The first-order valence-electron chi connectivity index (χ1n) is 17.7. The van der Waals surface area contributed by atoms with E-state index >= 15 is 0 Å². The van der Waals surface area contributed by atoms with Crippen LogP contribution in [0.3, 0.4) is 0 Å². The van der Waals surface area contributed by atoms with Gasteiger partial charge in [-0.1, -0.05) is 5.92 Å². The zero-order valence-corrected chi connectivity index (χ0v) is 31.7. The van der Waals surface area contributed by atoms with E-state index in [2.05, 4.69) is 37.8 Å². The molecule has 3 aromatic rings. The van der Waals surface area contributed by atoms with Gasteiger partial charge in [0.1, 0.15) is 12.4 Å². The Morgan fingerprint density at radius 2 is 2.00 bits per heavy atom. The Balaban J connectivity index is 1.27. The van der Waals surface area contributed by atoms with Crippen LogP contribution in [0.4, 0.5) is 33.5 Å². The average Bonchev–Trinajstić information content (AvgIpc) is 3.68. The molecule has 54 heavy (non-hydrogen) atoms. The number of anilines is 2. The van der Waals surface area contributed by atoms with Crippen molar-refractivity contribution in [3.05, 3.63) is 68.1 Å². The molecule has 1 unspecified atom stereocenters. The van der Waals surface area contributed by atoms with Crippen molar-refractivity contribution in [2.45, 2.75) is 76.5 Å².